The molecule has 0 bridgehead atoms. The summed E-state index contributed by atoms with van der Waals surface area (Å²) in [7, 11) is 2.68. The molecule has 0 aliphatic carbocycles. The molecule has 0 aliphatic rings. The molecule has 3 aromatic carbocycles. The van der Waals surface area contributed by atoms with Gasteiger partial charge in [-0.25, -0.2) is 4.79 Å². The number of hydrogen-bond acceptors (Lipinski definition) is 6. The first kappa shape index (κ1) is 23.4. The van der Waals surface area contributed by atoms with Gasteiger partial charge in [0.2, 0.25) is 5.75 Å². The zero-order valence-electron chi connectivity index (χ0n) is 17.6. The summed E-state index contributed by atoms with van der Waals surface area (Å²) in [6.45, 7) is 0. The maximum absolute atomic E-state index is 12.6. The summed E-state index contributed by atoms with van der Waals surface area (Å²) in [5.74, 6) is -1.41. The van der Waals surface area contributed by atoms with Crippen LogP contribution in [-0.2, 0) is 0 Å². The Kier molecular flexibility index (Phi) is 7.37. The monoisotopic (exact) mass is 469 g/mol. The Morgan fingerprint density at radius 3 is 2.24 bits per heavy atom. The van der Waals surface area contributed by atoms with Crippen molar-refractivity contribution in [3.8, 4) is 17.2 Å². The molecule has 3 rings (SSSR count). The molecule has 0 aliphatic heterocycles. The predicted octanol–water partition coefficient (Wildman–Crippen LogP) is 4.28. The number of imide groups is 1. The third kappa shape index (κ3) is 5.72. The molecule has 9 nitrogen and oxygen atoms in total. The van der Waals surface area contributed by atoms with E-state index >= 15 is 0 Å². The first-order chi connectivity index (χ1) is 15.8. The molecule has 10 heteroatoms. The van der Waals surface area contributed by atoms with Gasteiger partial charge in [0, 0.05) is 16.9 Å². The molecular formula is C23H20ClN3O6. The zero-order valence-corrected chi connectivity index (χ0v) is 18.4. The third-order valence-corrected chi connectivity index (χ3v) is 4.78. The van der Waals surface area contributed by atoms with E-state index in [1.165, 1.54) is 38.5 Å². The summed E-state index contributed by atoms with van der Waals surface area (Å²) >= 11 is 6.14. The first-order valence-corrected chi connectivity index (χ1v) is 9.93. The molecule has 0 unspecified atom stereocenters. The fraction of sp³-hybridized carbons (Fsp3) is 0.0870. The van der Waals surface area contributed by atoms with E-state index in [1.807, 2.05) is 6.07 Å². The Labute approximate surface area is 194 Å². The van der Waals surface area contributed by atoms with Crippen LogP contribution >= 0.6 is 11.6 Å². The average molecular weight is 470 g/mol. The van der Waals surface area contributed by atoms with Crippen LogP contribution in [0.3, 0.4) is 0 Å². The number of halogens is 1. The smallest absolute Gasteiger partial charge is 0.326 e. The third-order valence-electron chi connectivity index (χ3n) is 4.45. The molecule has 0 saturated heterocycles. The van der Waals surface area contributed by atoms with Gasteiger partial charge in [-0.1, -0.05) is 29.8 Å². The molecule has 0 aromatic heterocycles. The van der Waals surface area contributed by atoms with E-state index in [-0.39, 0.29) is 39.1 Å². The van der Waals surface area contributed by atoms with Crippen LogP contribution in [0.5, 0.6) is 17.2 Å². The first-order valence-electron chi connectivity index (χ1n) is 9.55. The van der Waals surface area contributed by atoms with Crippen molar-refractivity contribution < 1.29 is 29.0 Å². The van der Waals surface area contributed by atoms with Crippen LogP contribution in [0, 0.1) is 0 Å². The molecule has 0 radical (unpaired) electrons. The van der Waals surface area contributed by atoms with Crippen molar-refractivity contribution >= 4 is 40.8 Å². The Bertz CT molecular complexity index is 1200. The minimum atomic E-state index is -0.856. The average Bonchev–Trinajstić information content (AvgIpc) is 2.80. The largest absolute Gasteiger partial charge is 0.504 e. The molecule has 0 saturated carbocycles. The van der Waals surface area contributed by atoms with Crippen molar-refractivity contribution in [2.75, 3.05) is 24.9 Å². The summed E-state index contributed by atoms with van der Waals surface area (Å²) in [6, 6.07) is 14.7. The van der Waals surface area contributed by atoms with Crippen molar-refractivity contribution in [2.45, 2.75) is 0 Å². The zero-order chi connectivity index (χ0) is 24.0. The van der Waals surface area contributed by atoms with Gasteiger partial charge in [0.15, 0.2) is 11.5 Å². The second kappa shape index (κ2) is 10.4. The van der Waals surface area contributed by atoms with Crippen LogP contribution in [0.25, 0.3) is 0 Å². The molecule has 170 valence electrons. The number of carbonyl (C=O) groups is 3. The van der Waals surface area contributed by atoms with Gasteiger partial charge in [-0.2, -0.15) is 0 Å². The Hall–Kier alpha value is -4.24. The molecule has 0 spiro atoms. The highest BCUT2D eigenvalue weighted by Crippen LogP contribution is 2.37. The molecule has 0 heterocycles. The van der Waals surface area contributed by atoms with E-state index in [4.69, 9.17) is 21.1 Å². The Morgan fingerprint density at radius 2 is 1.58 bits per heavy atom. The lowest BCUT2D eigenvalue weighted by Crippen LogP contribution is -2.34. The van der Waals surface area contributed by atoms with Gasteiger partial charge >= 0.3 is 6.03 Å². The minimum Gasteiger partial charge on any atom is -0.504 e. The number of anilines is 2. The highest BCUT2D eigenvalue weighted by atomic mass is 35.5. The van der Waals surface area contributed by atoms with E-state index in [1.54, 1.807) is 24.3 Å². The summed E-state index contributed by atoms with van der Waals surface area (Å²) in [5.41, 5.74) is 0.922. The normalized spacial score (nSPS) is 10.2. The quantitative estimate of drug-likeness (QED) is 0.427. The number of methoxy groups -OCH3 is 2. The number of benzene rings is 3. The van der Waals surface area contributed by atoms with Crippen molar-refractivity contribution in [3.05, 3.63) is 76.8 Å². The molecule has 4 amide bonds. The number of nitrogens with one attached hydrogen (secondary N) is 3. The van der Waals surface area contributed by atoms with Crippen molar-refractivity contribution in [1.82, 2.24) is 5.32 Å². The van der Waals surface area contributed by atoms with Crippen molar-refractivity contribution in [1.29, 1.82) is 0 Å². The van der Waals surface area contributed by atoms with Gasteiger partial charge in [0.05, 0.1) is 24.8 Å². The van der Waals surface area contributed by atoms with Crippen LogP contribution in [0.2, 0.25) is 5.02 Å². The molecule has 4 N–H and O–H groups in total. The standard InChI is InChI=1S/C23H20ClN3O6/c1-32-19-11-13(10-18(28)20(19)33-2)21(29)27-23(31)26-15-8-9-17(24)16(12-15)22(30)25-14-6-4-3-5-7-14/h3-12,28H,1-2H3,(H,25,30)(H2,26,27,29,31). The van der Waals surface area contributed by atoms with E-state index in [9.17, 15) is 19.5 Å². The van der Waals surface area contributed by atoms with E-state index in [0.717, 1.165) is 6.07 Å². The number of phenolic OH excluding ortho intramolecular Hbond substituents is 1. The Balaban J connectivity index is 1.70. The second-order valence-corrected chi connectivity index (χ2v) is 7.06. The number of para-hydroxylation sites is 1. The SMILES string of the molecule is COc1cc(C(=O)NC(=O)Nc2ccc(Cl)c(C(=O)Nc3ccccc3)c2)cc(O)c1OC. The molecule has 3 aromatic rings. The molecular weight excluding hydrogens is 450 g/mol. The molecule has 0 atom stereocenters. The fourth-order valence-electron chi connectivity index (χ4n) is 2.91. The number of urea groups is 1. The summed E-state index contributed by atoms with van der Waals surface area (Å²) in [5, 5.41) is 17.5. The number of aromatic hydroxyl groups is 1. The fourth-order valence-corrected chi connectivity index (χ4v) is 3.11. The van der Waals surface area contributed by atoms with Crippen molar-refractivity contribution in [3.63, 3.8) is 0 Å². The predicted molar refractivity (Wildman–Crippen MR) is 124 cm³/mol. The Morgan fingerprint density at radius 1 is 0.848 bits per heavy atom. The van der Waals surface area contributed by atoms with Gasteiger partial charge in [0.25, 0.3) is 11.8 Å². The van der Waals surface area contributed by atoms with Gasteiger partial charge in [-0.15, -0.1) is 0 Å². The maximum Gasteiger partial charge on any atom is 0.326 e. The van der Waals surface area contributed by atoms with E-state index in [0.29, 0.717) is 5.69 Å². The lowest BCUT2D eigenvalue weighted by molar-refractivity contribution is 0.0964. The van der Waals surface area contributed by atoms with Crippen molar-refractivity contribution in [2.24, 2.45) is 0 Å². The number of carbonyl (C=O) groups excluding carboxylic acids is 3. The number of hydrogen-bond donors (Lipinski definition) is 4. The second-order valence-electron chi connectivity index (χ2n) is 6.65. The number of rotatable bonds is 6. The van der Waals surface area contributed by atoms with Crippen LogP contribution < -0.4 is 25.4 Å². The summed E-state index contributed by atoms with van der Waals surface area (Å²) in [4.78, 5) is 37.3. The van der Waals surface area contributed by atoms with Gasteiger partial charge < -0.3 is 25.2 Å². The maximum atomic E-state index is 12.6. The molecule has 0 fully saturated rings. The minimum absolute atomic E-state index is 0.0284. The van der Waals surface area contributed by atoms with Crippen LogP contribution in [0.15, 0.2) is 60.7 Å². The summed E-state index contributed by atoms with van der Waals surface area (Å²) in [6.07, 6.45) is 0. The summed E-state index contributed by atoms with van der Waals surface area (Å²) < 4.78 is 10.1. The number of amides is 4. The van der Waals surface area contributed by atoms with Crippen LogP contribution in [-0.4, -0.2) is 37.2 Å². The van der Waals surface area contributed by atoms with Crippen LogP contribution in [0.1, 0.15) is 20.7 Å². The van der Waals surface area contributed by atoms with E-state index < -0.39 is 17.8 Å². The van der Waals surface area contributed by atoms with Crippen LogP contribution in [0.4, 0.5) is 16.2 Å². The van der Waals surface area contributed by atoms with Gasteiger partial charge in [0.1, 0.15) is 0 Å². The lowest BCUT2D eigenvalue weighted by Gasteiger charge is -2.12. The lowest BCUT2D eigenvalue weighted by atomic mass is 10.1. The highest BCUT2D eigenvalue weighted by Gasteiger charge is 2.18. The van der Waals surface area contributed by atoms with Gasteiger partial charge in [-0.05, 0) is 42.5 Å². The topological polar surface area (TPSA) is 126 Å². The van der Waals surface area contributed by atoms with Gasteiger partial charge in [-0.3, -0.25) is 14.9 Å². The number of phenols is 1. The number of ether oxygens (including phenoxy) is 2. The van der Waals surface area contributed by atoms with E-state index in [2.05, 4.69) is 16.0 Å². The highest BCUT2D eigenvalue weighted by molar-refractivity contribution is 6.34. The molecule has 33 heavy (non-hydrogen) atoms.